The fourth-order valence-electron chi connectivity index (χ4n) is 1.62. The Bertz CT molecular complexity index is 791. The van der Waals surface area contributed by atoms with Gasteiger partial charge in [0.15, 0.2) is 9.84 Å². The Labute approximate surface area is 123 Å². The van der Waals surface area contributed by atoms with Crippen LogP contribution in [0, 0.1) is 10.1 Å². The lowest BCUT2D eigenvalue weighted by Gasteiger charge is -2.02. The maximum atomic E-state index is 12.2. The van der Waals surface area contributed by atoms with Crippen LogP contribution in [0.2, 0.25) is 0 Å². The predicted octanol–water partition coefficient (Wildman–Crippen LogP) is 2.33. The molecule has 9 heteroatoms. The van der Waals surface area contributed by atoms with E-state index >= 15 is 0 Å². The normalized spacial score (nSPS) is 11.2. The van der Waals surface area contributed by atoms with E-state index in [1.165, 1.54) is 24.3 Å². The summed E-state index contributed by atoms with van der Waals surface area (Å²) in [5, 5.41) is 19.3. The smallest absolute Gasteiger partial charge is 0.345 e. The van der Waals surface area contributed by atoms with Gasteiger partial charge in [0.05, 0.1) is 15.6 Å². The lowest BCUT2D eigenvalue weighted by Crippen LogP contribution is -2.04. The number of nitrogens with zero attached hydrogens (tertiary/aromatic N) is 1. The predicted molar refractivity (Wildman–Crippen MR) is 75.3 cm³/mol. The van der Waals surface area contributed by atoms with Crippen molar-refractivity contribution < 1.29 is 23.2 Å². The molecule has 0 amide bonds. The van der Waals surface area contributed by atoms with Gasteiger partial charge in [-0.05, 0) is 24.3 Å². The number of non-ortho nitro benzene ring substituents is 1. The Hall–Kier alpha value is -2.26. The first-order chi connectivity index (χ1) is 9.79. The second kappa shape index (κ2) is 5.62. The highest BCUT2D eigenvalue weighted by Gasteiger charge is 2.19. The number of rotatable bonds is 5. The van der Waals surface area contributed by atoms with Crippen LogP contribution in [-0.2, 0) is 15.6 Å². The van der Waals surface area contributed by atoms with Crippen molar-refractivity contribution in [2.75, 3.05) is 0 Å². The van der Waals surface area contributed by atoms with E-state index in [4.69, 9.17) is 5.11 Å². The number of benzene rings is 1. The second-order valence-corrected chi connectivity index (χ2v) is 7.24. The van der Waals surface area contributed by atoms with Gasteiger partial charge in [0.25, 0.3) is 5.69 Å². The molecule has 0 unspecified atom stereocenters. The van der Waals surface area contributed by atoms with Gasteiger partial charge in [0, 0.05) is 17.0 Å². The molecule has 1 N–H and O–H groups in total. The highest BCUT2D eigenvalue weighted by molar-refractivity contribution is 7.90. The van der Waals surface area contributed by atoms with Crippen molar-refractivity contribution in [1.82, 2.24) is 0 Å². The van der Waals surface area contributed by atoms with Gasteiger partial charge >= 0.3 is 5.97 Å². The summed E-state index contributed by atoms with van der Waals surface area (Å²) in [5.74, 6) is -1.46. The summed E-state index contributed by atoms with van der Waals surface area (Å²) < 4.78 is 24.3. The summed E-state index contributed by atoms with van der Waals surface area (Å²) >= 11 is 0.884. The van der Waals surface area contributed by atoms with Gasteiger partial charge in [-0.1, -0.05) is 0 Å². The van der Waals surface area contributed by atoms with Gasteiger partial charge in [-0.3, -0.25) is 10.1 Å². The summed E-state index contributed by atoms with van der Waals surface area (Å²) in [6.45, 7) is 0. The number of sulfone groups is 1. The van der Waals surface area contributed by atoms with Gasteiger partial charge in [-0.15, -0.1) is 11.3 Å². The molecule has 2 aromatic rings. The van der Waals surface area contributed by atoms with E-state index in [0.29, 0.717) is 4.88 Å². The molecule has 2 rings (SSSR count). The minimum atomic E-state index is -3.67. The molecule has 1 heterocycles. The number of aromatic carboxylic acids is 1. The maximum Gasteiger partial charge on any atom is 0.345 e. The van der Waals surface area contributed by atoms with Gasteiger partial charge < -0.3 is 5.11 Å². The summed E-state index contributed by atoms with van der Waals surface area (Å²) in [5.41, 5.74) is -0.196. The fraction of sp³-hybridized carbons (Fsp3) is 0.0833. The molecule has 0 aliphatic carbocycles. The number of carboxylic acid groups (broad SMARTS) is 1. The quantitative estimate of drug-likeness (QED) is 0.665. The van der Waals surface area contributed by atoms with Crippen LogP contribution in [0.4, 0.5) is 5.69 Å². The Morgan fingerprint density at radius 3 is 2.29 bits per heavy atom. The topological polar surface area (TPSA) is 115 Å². The molecule has 7 nitrogen and oxygen atoms in total. The first kappa shape index (κ1) is 15.1. The molecule has 110 valence electrons. The number of hydrogen-bond acceptors (Lipinski definition) is 6. The Kier molecular flexibility index (Phi) is 4.05. The molecule has 0 atom stereocenters. The lowest BCUT2D eigenvalue weighted by molar-refractivity contribution is -0.384. The molecule has 0 bridgehead atoms. The number of hydrogen-bond donors (Lipinski definition) is 1. The molecule has 1 aromatic carbocycles. The number of nitro groups is 1. The van der Waals surface area contributed by atoms with E-state index in [1.54, 1.807) is 0 Å². The summed E-state index contributed by atoms with van der Waals surface area (Å²) in [6, 6.07) is 7.34. The molecule has 0 aliphatic rings. The molecule has 0 radical (unpaired) electrons. The lowest BCUT2D eigenvalue weighted by atomic mass is 10.3. The van der Waals surface area contributed by atoms with E-state index in [2.05, 4.69) is 0 Å². The average Bonchev–Trinajstić information content (AvgIpc) is 2.87. The number of nitro benzene ring substituents is 1. The van der Waals surface area contributed by atoms with E-state index in [0.717, 1.165) is 23.5 Å². The van der Waals surface area contributed by atoms with Crippen molar-refractivity contribution in [3.63, 3.8) is 0 Å². The van der Waals surface area contributed by atoms with Crippen molar-refractivity contribution >= 4 is 32.8 Å². The molecular formula is C12H9NO6S2. The second-order valence-electron chi connectivity index (χ2n) is 4.08. The molecule has 0 saturated heterocycles. The molecule has 1 aromatic heterocycles. The van der Waals surface area contributed by atoms with Crippen LogP contribution >= 0.6 is 11.3 Å². The molecule has 0 fully saturated rings. The van der Waals surface area contributed by atoms with Crippen molar-refractivity contribution in [3.05, 3.63) is 56.3 Å². The first-order valence-corrected chi connectivity index (χ1v) is 8.06. The third-order valence-corrected chi connectivity index (χ3v) is 5.55. The van der Waals surface area contributed by atoms with Gasteiger partial charge in [-0.25, -0.2) is 13.2 Å². The largest absolute Gasteiger partial charge is 0.477 e. The van der Waals surface area contributed by atoms with Crippen LogP contribution in [-0.4, -0.2) is 24.4 Å². The minimum Gasteiger partial charge on any atom is -0.477 e. The zero-order chi connectivity index (χ0) is 15.6. The Morgan fingerprint density at radius 1 is 1.19 bits per heavy atom. The van der Waals surface area contributed by atoms with E-state index < -0.39 is 20.7 Å². The molecule has 0 saturated carbocycles. The van der Waals surface area contributed by atoms with Gasteiger partial charge in [-0.2, -0.15) is 0 Å². The zero-order valence-electron chi connectivity index (χ0n) is 10.4. The number of thiophene rings is 1. The van der Waals surface area contributed by atoms with Crippen molar-refractivity contribution in [3.8, 4) is 0 Å². The summed E-state index contributed by atoms with van der Waals surface area (Å²) in [7, 11) is -3.67. The Balaban J connectivity index is 2.24. The van der Waals surface area contributed by atoms with E-state index in [1.807, 2.05) is 0 Å². The van der Waals surface area contributed by atoms with Crippen LogP contribution in [0.25, 0.3) is 0 Å². The van der Waals surface area contributed by atoms with Crippen molar-refractivity contribution in [1.29, 1.82) is 0 Å². The van der Waals surface area contributed by atoms with Gasteiger partial charge in [0.2, 0.25) is 0 Å². The van der Waals surface area contributed by atoms with Crippen molar-refractivity contribution in [2.45, 2.75) is 10.6 Å². The molecule has 21 heavy (non-hydrogen) atoms. The summed E-state index contributed by atoms with van der Waals surface area (Å²) in [4.78, 5) is 21.1. The molecule has 0 spiro atoms. The zero-order valence-corrected chi connectivity index (χ0v) is 12.1. The van der Waals surface area contributed by atoms with E-state index in [-0.39, 0.29) is 21.2 Å². The summed E-state index contributed by atoms with van der Waals surface area (Å²) in [6.07, 6.45) is 0. The first-order valence-electron chi connectivity index (χ1n) is 5.59. The van der Waals surface area contributed by atoms with Crippen LogP contribution in [0.5, 0.6) is 0 Å². The highest BCUT2D eigenvalue weighted by Crippen LogP contribution is 2.24. The highest BCUT2D eigenvalue weighted by atomic mass is 32.2. The SMILES string of the molecule is O=C(O)c1ccc(CS(=O)(=O)c2ccc([N+](=O)[O-])cc2)s1. The monoisotopic (exact) mass is 327 g/mol. The fourth-order valence-corrected chi connectivity index (χ4v) is 4.15. The number of carbonyl (C=O) groups is 1. The van der Waals surface area contributed by atoms with Gasteiger partial charge in [0.1, 0.15) is 4.88 Å². The van der Waals surface area contributed by atoms with Crippen LogP contribution in [0.3, 0.4) is 0 Å². The van der Waals surface area contributed by atoms with Crippen LogP contribution in [0.1, 0.15) is 14.5 Å². The standard InChI is InChI=1S/C12H9NO6S2/c14-12(15)11-6-3-9(20-11)7-21(18,19)10-4-1-8(2-5-10)13(16)17/h1-6H,7H2,(H,14,15). The van der Waals surface area contributed by atoms with Crippen LogP contribution < -0.4 is 0 Å². The third-order valence-electron chi connectivity index (χ3n) is 2.61. The molecule has 0 aliphatic heterocycles. The third kappa shape index (κ3) is 3.44. The molecular weight excluding hydrogens is 318 g/mol. The maximum absolute atomic E-state index is 12.2. The van der Waals surface area contributed by atoms with E-state index in [9.17, 15) is 23.3 Å². The van der Waals surface area contributed by atoms with Crippen LogP contribution in [0.15, 0.2) is 41.3 Å². The minimum absolute atomic E-state index is 0.0432. The van der Waals surface area contributed by atoms with Crippen molar-refractivity contribution in [2.24, 2.45) is 0 Å². The average molecular weight is 327 g/mol. The number of carboxylic acids is 1. The Morgan fingerprint density at radius 2 is 1.81 bits per heavy atom.